The lowest BCUT2D eigenvalue weighted by molar-refractivity contribution is 0.0446. The van der Waals surface area contributed by atoms with Gasteiger partial charge in [-0.1, -0.05) is 20.8 Å². The fraction of sp³-hybridized carbons (Fsp3) is 0.583. The highest BCUT2D eigenvalue weighted by molar-refractivity contribution is 8.13. The van der Waals surface area contributed by atoms with Gasteiger partial charge in [-0.05, 0) is 18.4 Å². The molecule has 0 spiro atoms. The number of aromatic nitrogens is 1. The molecule has 0 bridgehead atoms. The van der Waals surface area contributed by atoms with E-state index < -0.39 is 15.0 Å². The van der Waals surface area contributed by atoms with Crippen molar-refractivity contribution in [2.45, 2.75) is 38.6 Å². The van der Waals surface area contributed by atoms with Crippen molar-refractivity contribution in [2.75, 3.05) is 6.61 Å². The summed E-state index contributed by atoms with van der Waals surface area (Å²) in [5.41, 5.74) is 0.210. The predicted octanol–water partition coefficient (Wildman–Crippen LogP) is 2.64. The van der Waals surface area contributed by atoms with E-state index in [0.29, 0.717) is 13.2 Å². The number of carbonyl (C=O) groups excluding carboxylic acids is 1. The van der Waals surface area contributed by atoms with Crippen LogP contribution in [0, 0.1) is 5.92 Å². The van der Waals surface area contributed by atoms with Gasteiger partial charge in [-0.2, -0.15) is 0 Å². The van der Waals surface area contributed by atoms with Gasteiger partial charge in [0.05, 0.1) is 6.61 Å². The molecule has 1 rings (SSSR count). The molecule has 0 fully saturated rings. The Bertz CT molecular complexity index is 548. The molecule has 0 amide bonds. The fourth-order valence-electron chi connectivity index (χ4n) is 1.53. The Kier molecular flexibility index (Phi) is 5.43. The monoisotopic (exact) mass is 307 g/mol. The molecule has 0 aliphatic heterocycles. The standard InChI is InChI=1S/C12H18ClNO4S/c1-4-5-14-7-10(19(13,16)17)6-11(14)12(15)18-8-9(2)3/h6-7,9H,4-5,8H2,1-3H3. The average Bonchev–Trinajstić information content (AvgIpc) is 2.70. The minimum absolute atomic E-state index is 0.0842. The summed E-state index contributed by atoms with van der Waals surface area (Å²) >= 11 is 0. The number of halogens is 1. The van der Waals surface area contributed by atoms with Gasteiger partial charge in [0.15, 0.2) is 0 Å². The van der Waals surface area contributed by atoms with E-state index >= 15 is 0 Å². The van der Waals surface area contributed by atoms with Gasteiger partial charge in [-0.25, -0.2) is 13.2 Å². The number of ether oxygens (including phenoxy) is 1. The first-order valence-corrected chi connectivity index (χ1v) is 8.38. The highest BCUT2D eigenvalue weighted by Gasteiger charge is 2.20. The maximum atomic E-state index is 11.9. The molecule has 108 valence electrons. The minimum Gasteiger partial charge on any atom is -0.461 e. The Labute approximate surface area is 117 Å². The van der Waals surface area contributed by atoms with E-state index in [0.717, 1.165) is 6.42 Å². The SMILES string of the molecule is CCCn1cc(S(=O)(=O)Cl)cc1C(=O)OCC(C)C. The quantitative estimate of drug-likeness (QED) is 0.598. The number of hydrogen-bond donors (Lipinski definition) is 0. The second kappa shape index (κ2) is 6.43. The van der Waals surface area contributed by atoms with Crippen LogP contribution in [0.1, 0.15) is 37.7 Å². The van der Waals surface area contributed by atoms with Crippen LogP contribution in [0.5, 0.6) is 0 Å². The smallest absolute Gasteiger partial charge is 0.354 e. The largest absolute Gasteiger partial charge is 0.461 e. The van der Waals surface area contributed by atoms with Crippen molar-refractivity contribution in [1.29, 1.82) is 0 Å². The molecule has 5 nitrogen and oxygen atoms in total. The lowest BCUT2D eigenvalue weighted by Crippen LogP contribution is -2.14. The molecule has 7 heteroatoms. The van der Waals surface area contributed by atoms with Crippen LogP contribution >= 0.6 is 10.7 Å². The van der Waals surface area contributed by atoms with Crippen molar-refractivity contribution in [3.05, 3.63) is 18.0 Å². The summed E-state index contributed by atoms with van der Waals surface area (Å²) in [6, 6.07) is 1.25. The van der Waals surface area contributed by atoms with Gasteiger partial charge in [0.2, 0.25) is 0 Å². The van der Waals surface area contributed by atoms with Gasteiger partial charge < -0.3 is 9.30 Å². The topological polar surface area (TPSA) is 65.4 Å². The lowest BCUT2D eigenvalue weighted by Gasteiger charge is -2.09. The van der Waals surface area contributed by atoms with Crippen LogP contribution in [0.3, 0.4) is 0 Å². The molecule has 0 radical (unpaired) electrons. The molecule has 0 saturated carbocycles. The number of carbonyl (C=O) groups is 1. The third kappa shape index (κ3) is 4.54. The second-order valence-electron chi connectivity index (χ2n) is 4.68. The molecule has 0 unspecified atom stereocenters. The normalized spacial score (nSPS) is 11.8. The van der Waals surface area contributed by atoms with E-state index in [1.807, 2.05) is 20.8 Å². The van der Waals surface area contributed by atoms with Gasteiger partial charge in [0.1, 0.15) is 10.6 Å². The van der Waals surface area contributed by atoms with E-state index in [-0.39, 0.29) is 16.5 Å². The zero-order valence-corrected chi connectivity index (χ0v) is 12.8. The van der Waals surface area contributed by atoms with Gasteiger partial charge in [0.25, 0.3) is 9.05 Å². The number of nitrogens with zero attached hydrogens (tertiary/aromatic N) is 1. The minimum atomic E-state index is -3.84. The highest BCUT2D eigenvalue weighted by atomic mass is 35.7. The summed E-state index contributed by atoms with van der Waals surface area (Å²) in [5, 5.41) is 0. The Morgan fingerprint density at radius 1 is 1.47 bits per heavy atom. The van der Waals surface area contributed by atoms with Crippen LogP contribution in [0.2, 0.25) is 0 Å². The molecule has 0 aromatic carbocycles. The maximum absolute atomic E-state index is 11.9. The van der Waals surface area contributed by atoms with Crippen molar-refractivity contribution in [1.82, 2.24) is 4.57 Å². The number of aryl methyl sites for hydroxylation is 1. The number of esters is 1. The zero-order chi connectivity index (χ0) is 14.6. The van der Waals surface area contributed by atoms with E-state index in [1.54, 1.807) is 4.57 Å². The van der Waals surface area contributed by atoms with Crippen molar-refractivity contribution in [2.24, 2.45) is 5.92 Å². The third-order valence-corrected chi connectivity index (χ3v) is 3.70. The van der Waals surface area contributed by atoms with Gasteiger partial charge in [-0.15, -0.1) is 0 Å². The van der Waals surface area contributed by atoms with E-state index in [2.05, 4.69) is 0 Å². The molecule has 19 heavy (non-hydrogen) atoms. The Morgan fingerprint density at radius 2 is 2.11 bits per heavy atom. The molecule has 0 saturated heterocycles. The maximum Gasteiger partial charge on any atom is 0.354 e. The number of hydrogen-bond acceptors (Lipinski definition) is 4. The van der Waals surface area contributed by atoms with E-state index in [9.17, 15) is 13.2 Å². The van der Waals surface area contributed by atoms with Crippen LogP contribution in [0.15, 0.2) is 17.2 Å². The molecule has 1 heterocycles. The first kappa shape index (κ1) is 16.0. The van der Waals surface area contributed by atoms with Gasteiger partial charge in [0, 0.05) is 23.4 Å². The van der Waals surface area contributed by atoms with E-state index in [4.69, 9.17) is 15.4 Å². The summed E-state index contributed by atoms with van der Waals surface area (Å²) < 4.78 is 29.2. The van der Waals surface area contributed by atoms with Crippen molar-refractivity contribution in [3.8, 4) is 0 Å². The van der Waals surface area contributed by atoms with Crippen LogP contribution in [0.25, 0.3) is 0 Å². The molecular formula is C12H18ClNO4S. The zero-order valence-electron chi connectivity index (χ0n) is 11.2. The van der Waals surface area contributed by atoms with E-state index in [1.165, 1.54) is 12.3 Å². The van der Waals surface area contributed by atoms with Crippen molar-refractivity contribution < 1.29 is 17.9 Å². The lowest BCUT2D eigenvalue weighted by atomic mass is 10.2. The summed E-state index contributed by atoms with van der Waals surface area (Å²) in [7, 11) is 1.44. The van der Waals surface area contributed by atoms with Crippen molar-refractivity contribution >= 4 is 25.7 Å². The number of rotatable bonds is 6. The van der Waals surface area contributed by atoms with Crippen LogP contribution in [-0.4, -0.2) is 25.6 Å². The molecule has 1 aromatic heterocycles. The fourth-order valence-corrected chi connectivity index (χ4v) is 2.29. The summed E-state index contributed by atoms with van der Waals surface area (Å²) in [6.07, 6.45) is 2.12. The molecular weight excluding hydrogens is 290 g/mol. The first-order valence-electron chi connectivity index (χ1n) is 6.07. The molecule has 0 aliphatic carbocycles. The van der Waals surface area contributed by atoms with Crippen molar-refractivity contribution in [3.63, 3.8) is 0 Å². The van der Waals surface area contributed by atoms with Crippen LogP contribution in [0.4, 0.5) is 0 Å². The highest BCUT2D eigenvalue weighted by Crippen LogP contribution is 2.20. The van der Waals surface area contributed by atoms with Crippen LogP contribution < -0.4 is 0 Å². The van der Waals surface area contributed by atoms with Gasteiger partial charge >= 0.3 is 5.97 Å². The van der Waals surface area contributed by atoms with Gasteiger partial charge in [-0.3, -0.25) is 0 Å². The first-order chi connectivity index (χ1) is 8.75. The molecule has 1 aromatic rings. The summed E-state index contributed by atoms with van der Waals surface area (Å²) in [5.74, 6) is -0.316. The Hall–Kier alpha value is -1.01. The molecule has 0 aliphatic rings. The second-order valence-corrected chi connectivity index (χ2v) is 7.25. The van der Waals surface area contributed by atoms with Crippen LogP contribution in [-0.2, 0) is 20.3 Å². The summed E-state index contributed by atoms with van der Waals surface area (Å²) in [6.45, 7) is 6.59. The predicted molar refractivity (Wildman–Crippen MR) is 72.9 cm³/mol. The molecule has 0 atom stereocenters. The summed E-state index contributed by atoms with van der Waals surface area (Å²) in [4.78, 5) is 11.8. The average molecular weight is 308 g/mol. The molecule has 0 N–H and O–H groups in total. The Morgan fingerprint density at radius 3 is 2.58 bits per heavy atom. The Balaban J connectivity index is 3.04. The third-order valence-electron chi connectivity index (χ3n) is 2.37.